The molecule has 0 saturated heterocycles. The summed E-state index contributed by atoms with van der Waals surface area (Å²) in [6, 6.07) is 13.2. The molecule has 0 spiro atoms. The van der Waals surface area contributed by atoms with Crippen LogP contribution in [0, 0.1) is 5.92 Å². The number of hydrogen-bond donors (Lipinski definition) is 1. The molecule has 0 aliphatic rings. The summed E-state index contributed by atoms with van der Waals surface area (Å²) in [5, 5.41) is 2.90. The van der Waals surface area contributed by atoms with Crippen LogP contribution in [-0.4, -0.2) is 64.7 Å². The average molecular weight is 520 g/mol. The number of nitrogens with zero attached hydrogens (tertiary/aromatic N) is 2. The first-order valence-corrected chi connectivity index (χ1v) is 13.7. The van der Waals surface area contributed by atoms with E-state index in [0.29, 0.717) is 24.5 Å². The van der Waals surface area contributed by atoms with Crippen LogP contribution < -0.4 is 19.1 Å². The van der Waals surface area contributed by atoms with E-state index in [0.717, 1.165) is 16.1 Å². The molecule has 10 heteroatoms. The van der Waals surface area contributed by atoms with Gasteiger partial charge in [0, 0.05) is 19.2 Å². The maximum absolute atomic E-state index is 13.7. The Balaban J connectivity index is 2.44. The number of benzene rings is 2. The monoisotopic (exact) mass is 519 g/mol. The number of methoxy groups -OCH3 is 2. The molecular weight excluding hydrogens is 482 g/mol. The van der Waals surface area contributed by atoms with Crippen molar-refractivity contribution in [2.75, 3.05) is 37.9 Å². The third-order valence-corrected chi connectivity index (χ3v) is 6.74. The predicted molar refractivity (Wildman–Crippen MR) is 141 cm³/mol. The molecule has 2 amide bonds. The fourth-order valence-electron chi connectivity index (χ4n) is 3.72. The smallest absolute Gasteiger partial charge is 0.244 e. The molecule has 0 radical (unpaired) electrons. The van der Waals surface area contributed by atoms with Crippen LogP contribution >= 0.6 is 0 Å². The van der Waals surface area contributed by atoms with Gasteiger partial charge in [-0.15, -0.1) is 0 Å². The third-order valence-electron chi connectivity index (χ3n) is 5.60. The minimum absolute atomic E-state index is 0.164. The van der Waals surface area contributed by atoms with E-state index in [4.69, 9.17) is 9.47 Å². The Hall–Kier alpha value is -3.27. The number of rotatable bonds is 13. The molecule has 0 aliphatic carbocycles. The molecule has 9 nitrogen and oxygen atoms in total. The zero-order valence-electron chi connectivity index (χ0n) is 21.9. The van der Waals surface area contributed by atoms with Gasteiger partial charge >= 0.3 is 0 Å². The molecule has 1 N–H and O–H groups in total. The zero-order valence-corrected chi connectivity index (χ0v) is 22.7. The molecule has 0 saturated carbocycles. The van der Waals surface area contributed by atoms with Gasteiger partial charge in [0.2, 0.25) is 21.8 Å². The quantitative estimate of drug-likeness (QED) is 0.436. The first-order chi connectivity index (χ1) is 17.0. The molecule has 1 atom stereocenters. The zero-order chi connectivity index (χ0) is 26.9. The molecule has 1 unspecified atom stereocenters. The topological polar surface area (TPSA) is 105 Å². The van der Waals surface area contributed by atoms with Gasteiger partial charge in [-0.05, 0) is 30.0 Å². The Bertz CT molecular complexity index is 1120. The fourth-order valence-corrected chi connectivity index (χ4v) is 4.56. The van der Waals surface area contributed by atoms with Crippen LogP contribution in [0.15, 0.2) is 48.5 Å². The van der Waals surface area contributed by atoms with Gasteiger partial charge in [-0.3, -0.25) is 13.9 Å². The summed E-state index contributed by atoms with van der Waals surface area (Å²) >= 11 is 0. The van der Waals surface area contributed by atoms with E-state index in [9.17, 15) is 18.0 Å². The summed E-state index contributed by atoms with van der Waals surface area (Å²) in [7, 11) is -0.926. The number of carbonyl (C=O) groups excluding carboxylic acids is 2. The van der Waals surface area contributed by atoms with Crippen LogP contribution in [0.4, 0.5) is 5.69 Å². The summed E-state index contributed by atoms with van der Waals surface area (Å²) in [4.78, 5) is 28.2. The Kier molecular flexibility index (Phi) is 10.6. The number of nitrogens with one attached hydrogen (secondary N) is 1. The van der Waals surface area contributed by atoms with Gasteiger partial charge in [-0.1, -0.05) is 51.1 Å². The SMILES string of the molecule is CCC(C(=O)NCC(C)C)N(Cc1ccccc1)C(=O)CN(c1ccc(OC)c(OC)c1)S(C)(=O)=O. The second-order valence-electron chi connectivity index (χ2n) is 8.88. The maximum Gasteiger partial charge on any atom is 0.244 e. The predicted octanol–water partition coefficient (Wildman–Crippen LogP) is 3.05. The summed E-state index contributed by atoms with van der Waals surface area (Å²) in [5.74, 6) is 0.241. The minimum atomic E-state index is -3.85. The average Bonchev–Trinajstić information content (AvgIpc) is 2.85. The van der Waals surface area contributed by atoms with Crippen molar-refractivity contribution in [3.8, 4) is 11.5 Å². The standard InChI is InChI=1S/C26H37N3O6S/c1-7-22(26(31)27-16-19(2)3)28(17-20-11-9-8-10-12-20)25(30)18-29(36(6,32)33)21-13-14-23(34-4)24(15-21)35-5/h8-15,19,22H,7,16-18H2,1-6H3,(H,27,31). The van der Waals surface area contributed by atoms with Gasteiger partial charge in [-0.2, -0.15) is 0 Å². The van der Waals surface area contributed by atoms with E-state index in [1.807, 2.05) is 51.1 Å². The van der Waals surface area contributed by atoms with Gasteiger partial charge in [0.05, 0.1) is 26.2 Å². The second kappa shape index (κ2) is 13.2. The third kappa shape index (κ3) is 7.87. The maximum atomic E-state index is 13.7. The van der Waals surface area contributed by atoms with Gasteiger partial charge in [0.1, 0.15) is 12.6 Å². The van der Waals surface area contributed by atoms with E-state index >= 15 is 0 Å². The minimum Gasteiger partial charge on any atom is -0.493 e. The highest BCUT2D eigenvalue weighted by Crippen LogP contribution is 2.32. The first-order valence-electron chi connectivity index (χ1n) is 11.8. The largest absolute Gasteiger partial charge is 0.493 e. The van der Waals surface area contributed by atoms with Crippen LogP contribution in [0.1, 0.15) is 32.8 Å². The molecule has 2 aromatic rings. The van der Waals surface area contributed by atoms with Gasteiger partial charge in [-0.25, -0.2) is 8.42 Å². The van der Waals surface area contributed by atoms with Gasteiger partial charge in [0.25, 0.3) is 0 Å². The fraction of sp³-hybridized carbons (Fsp3) is 0.462. The van der Waals surface area contributed by atoms with E-state index < -0.39 is 28.5 Å². The van der Waals surface area contributed by atoms with Crippen LogP contribution in [0.3, 0.4) is 0 Å². The lowest BCUT2D eigenvalue weighted by atomic mass is 10.1. The number of sulfonamides is 1. The van der Waals surface area contributed by atoms with Crippen molar-refractivity contribution in [2.24, 2.45) is 5.92 Å². The Labute approximate surface area is 214 Å². The highest BCUT2D eigenvalue weighted by atomic mass is 32.2. The molecule has 2 aromatic carbocycles. The van der Waals surface area contributed by atoms with E-state index in [2.05, 4.69) is 5.32 Å². The van der Waals surface area contributed by atoms with Crippen LogP contribution in [0.2, 0.25) is 0 Å². The van der Waals surface area contributed by atoms with Gasteiger partial charge < -0.3 is 19.7 Å². The second-order valence-corrected chi connectivity index (χ2v) is 10.8. The van der Waals surface area contributed by atoms with Crippen molar-refractivity contribution >= 4 is 27.5 Å². The molecule has 36 heavy (non-hydrogen) atoms. The van der Waals surface area contributed by atoms with Crippen LogP contribution in [0.5, 0.6) is 11.5 Å². The molecule has 0 heterocycles. The van der Waals surface area contributed by atoms with Crippen molar-refractivity contribution in [1.82, 2.24) is 10.2 Å². The van der Waals surface area contributed by atoms with Gasteiger partial charge in [0.15, 0.2) is 11.5 Å². The molecule has 0 fully saturated rings. The summed E-state index contributed by atoms with van der Waals surface area (Å²) in [6.45, 7) is 5.96. The lowest BCUT2D eigenvalue weighted by Crippen LogP contribution is -2.52. The highest BCUT2D eigenvalue weighted by molar-refractivity contribution is 7.92. The van der Waals surface area contributed by atoms with Crippen molar-refractivity contribution in [2.45, 2.75) is 39.8 Å². The summed E-state index contributed by atoms with van der Waals surface area (Å²) in [6.07, 6.45) is 1.41. The van der Waals surface area contributed by atoms with Crippen molar-refractivity contribution in [3.05, 3.63) is 54.1 Å². The molecular formula is C26H37N3O6S. The van der Waals surface area contributed by atoms with Crippen LogP contribution in [-0.2, 0) is 26.2 Å². The first kappa shape index (κ1) is 29.0. The lowest BCUT2D eigenvalue weighted by molar-refractivity contribution is -0.140. The number of hydrogen-bond acceptors (Lipinski definition) is 6. The number of ether oxygens (including phenoxy) is 2. The Morgan fingerprint density at radius 3 is 2.17 bits per heavy atom. The summed E-state index contributed by atoms with van der Waals surface area (Å²) < 4.78 is 37.1. The Morgan fingerprint density at radius 2 is 1.64 bits per heavy atom. The normalized spacial score (nSPS) is 12.1. The highest BCUT2D eigenvalue weighted by Gasteiger charge is 2.32. The number of amides is 2. The van der Waals surface area contributed by atoms with E-state index in [1.54, 1.807) is 12.1 Å². The van der Waals surface area contributed by atoms with E-state index in [1.165, 1.54) is 25.2 Å². The Morgan fingerprint density at radius 1 is 1.00 bits per heavy atom. The molecule has 2 rings (SSSR count). The summed E-state index contributed by atoms with van der Waals surface area (Å²) in [5.41, 5.74) is 1.08. The lowest BCUT2D eigenvalue weighted by Gasteiger charge is -2.33. The molecule has 0 aromatic heterocycles. The van der Waals surface area contributed by atoms with Crippen molar-refractivity contribution < 1.29 is 27.5 Å². The molecule has 0 aliphatic heterocycles. The van der Waals surface area contributed by atoms with Crippen molar-refractivity contribution in [3.63, 3.8) is 0 Å². The van der Waals surface area contributed by atoms with Crippen molar-refractivity contribution in [1.29, 1.82) is 0 Å². The van der Waals surface area contributed by atoms with E-state index in [-0.39, 0.29) is 24.1 Å². The number of carbonyl (C=O) groups is 2. The number of anilines is 1. The molecule has 198 valence electrons. The van der Waals surface area contributed by atoms with Crippen LogP contribution in [0.25, 0.3) is 0 Å². The molecule has 0 bridgehead atoms.